The standard InChI is InChI=1S/C21H23N3O3/c1-22-20(26)17-11-15(19(25)23-16-9-10-16)12-24(21(17)27)18(14-7-8-14)13-5-3-2-4-6-13/h2-6,11-12,14,16,18H,7-10H2,1H3,(H,22,26)(H,23,25). The lowest BCUT2D eigenvalue weighted by Crippen LogP contribution is -2.36. The summed E-state index contributed by atoms with van der Waals surface area (Å²) >= 11 is 0. The first-order valence-electron chi connectivity index (χ1n) is 9.42. The Morgan fingerprint density at radius 2 is 1.78 bits per heavy atom. The number of carbonyl (C=O) groups is 2. The van der Waals surface area contributed by atoms with E-state index in [2.05, 4.69) is 10.6 Å². The van der Waals surface area contributed by atoms with Crippen molar-refractivity contribution >= 4 is 11.8 Å². The molecule has 1 unspecified atom stereocenters. The van der Waals surface area contributed by atoms with Crippen molar-refractivity contribution in [1.29, 1.82) is 0 Å². The molecule has 0 aliphatic heterocycles. The van der Waals surface area contributed by atoms with E-state index in [0.717, 1.165) is 31.2 Å². The normalized spacial score (nSPS) is 17.2. The van der Waals surface area contributed by atoms with Crippen LogP contribution in [0.1, 0.15) is 58.0 Å². The van der Waals surface area contributed by atoms with Gasteiger partial charge in [-0.05, 0) is 43.2 Å². The number of aromatic nitrogens is 1. The van der Waals surface area contributed by atoms with Crippen LogP contribution in [0.4, 0.5) is 0 Å². The smallest absolute Gasteiger partial charge is 0.264 e. The number of rotatable bonds is 6. The second-order valence-corrected chi connectivity index (χ2v) is 7.37. The SMILES string of the molecule is CNC(=O)c1cc(C(=O)NC2CC2)cn(C(c2ccccc2)C2CC2)c1=O. The molecule has 0 radical (unpaired) electrons. The molecule has 2 aliphatic rings. The topological polar surface area (TPSA) is 80.2 Å². The number of amides is 2. The monoisotopic (exact) mass is 365 g/mol. The first-order valence-corrected chi connectivity index (χ1v) is 9.42. The number of pyridine rings is 1. The minimum Gasteiger partial charge on any atom is -0.355 e. The fourth-order valence-electron chi connectivity index (χ4n) is 3.45. The highest BCUT2D eigenvalue weighted by Crippen LogP contribution is 2.43. The van der Waals surface area contributed by atoms with E-state index in [1.807, 2.05) is 30.3 Å². The van der Waals surface area contributed by atoms with Gasteiger partial charge in [-0.3, -0.25) is 14.4 Å². The summed E-state index contributed by atoms with van der Waals surface area (Å²) in [6, 6.07) is 11.2. The Labute approximate surface area is 157 Å². The molecule has 6 nitrogen and oxygen atoms in total. The highest BCUT2D eigenvalue weighted by Gasteiger charge is 2.35. The number of nitrogens with one attached hydrogen (secondary N) is 2. The number of nitrogens with zero attached hydrogens (tertiary/aromatic N) is 1. The van der Waals surface area contributed by atoms with Crippen molar-refractivity contribution in [3.8, 4) is 0 Å². The Hall–Kier alpha value is -2.89. The molecule has 1 atom stereocenters. The Morgan fingerprint density at radius 1 is 1.07 bits per heavy atom. The van der Waals surface area contributed by atoms with Gasteiger partial charge in [-0.25, -0.2) is 0 Å². The molecule has 2 N–H and O–H groups in total. The van der Waals surface area contributed by atoms with Crippen LogP contribution in [0.3, 0.4) is 0 Å². The Morgan fingerprint density at radius 3 is 2.37 bits per heavy atom. The molecular formula is C21H23N3O3. The van der Waals surface area contributed by atoms with Crippen LogP contribution in [0.2, 0.25) is 0 Å². The molecule has 0 spiro atoms. The van der Waals surface area contributed by atoms with Crippen molar-refractivity contribution in [1.82, 2.24) is 15.2 Å². The maximum Gasteiger partial charge on any atom is 0.264 e. The molecule has 2 aliphatic carbocycles. The molecule has 4 rings (SSSR count). The van der Waals surface area contributed by atoms with Crippen molar-refractivity contribution in [2.24, 2.45) is 5.92 Å². The van der Waals surface area contributed by atoms with Gasteiger partial charge < -0.3 is 15.2 Å². The van der Waals surface area contributed by atoms with Crippen LogP contribution in [0.15, 0.2) is 47.4 Å². The van der Waals surface area contributed by atoms with Crippen LogP contribution in [-0.2, 0) is 0 Å². The van der Waals surface area contributed by atoms with E-state index in [9.17, 15) is 14.4 Å². The molecule has 2 saturated carbocycles. The van der Waals surface area contributed by atoms with Gasteiger partial charge in [0.05, 0.1) is 11.6 Å². The lowest BCUT2D eigenvalue weighted by atomic mass is 10.0. The molecule has 6 heteroatoms. The van der Waals surface area contributed by atoms with Crippen LogP contribution in [0, 0.1) is 5.92 Å². The van der Waals surface area contributed by atoms with Crippen molar-refractivity contribution in [2.45, 2.75) is 37.8 Å². The third-order valence-electron chi connectivity index (χ3n) is 5.20. The van der Waals surface area contributed by atoms with Crippen LogP contribution in [0.25, 0.3) is 0 Å². The lowest BCUT2D eigenvalue weighted by Gasteiger charge is -2.22. The summed E-state index contributed by atoms with van der Waals surface area (Å²) in [6.45, 7) is 0. The number of benzene rings is 1. The first kappa shape index (κ1) is 17.5. The number of hydrogen-bond acceptors (Lipinski definition) is 3. The van der Waals surface area contributed by atoms with E-state index in [1.165, 1.54) is 13.1 Å². The summed E-state index contributed by atoms with van der Waals surface area (Å²) in [5.74, 6) is -0.374. The molecule has 1 aromatic heterocycles. The lowest BCUT2D eigenvalue weighted by molar-refractivity contribution is 0.0950. The minimum atomic E-state index is -0.475. The van der Waals surface area contributed by atoms with E-state index in [0.29, 0.717) is 11.5 Å². The van der Waals surface area contributed by atoms with E-state index < -0.39 is 5.91 Å². The van der Waals surface area contributed by atoms with E-state index >= 15 is 0 Å². The van der Waals surface area contributed by atoms with Gasteiger partial charge in [-0.2, -0.15) is 0 Å². The van der Waals surface area contributed by atoms with Crippen LogP contribution in [0.5, 0.6) is 0 Å². The Bertz CT molecular complexity index is 927. The number of carbonyl (C=O) groups excluding carboxylic acids is 2. The zero-order valence-corrected chi connectivity index (χ0v) is 15.3. The maximum absolute atomic E-state index is 13.1. The van der Waals surface area contributed by atoms with Gasteiger partial charge in [0.15, 0.2) is 0 Å². The first-order chi connectivity index (χ1) is 13.1. The molecule has 1 aromatic carbocycles. The second-order valence-electron chi connectivity index (χ2n) is 7.37. The van der Waals surface area contributed by atoms with Crippen molar-refractivity contribution in [3.05, 3.63) is 69.6 Å². The van der Waals surface area contributed by atoms with Gasteiger partial charge in [-0.15, -0.1) is 0 Å². The Balaban J connectivity index is 1.83. The highest BCUT2D eigenvalue weighted by molar-refractivity contribution is 5.99. The van der Waals surface area contributed by atoms with Crippen molar-refractivity contribution in [2.75, 3.05) is 7.05 Å². The predicted molar refractivity (Wildman–Crippen MR) is 102 cm³/mol. The van der Waals surface area contributed by atoms with Gasteiger partial charge in [0.1, 0.15) is 5.56 Å². The quantitative estimate of drug-likeness (QED) is 0.823. The molecule has 27 heavy (non-hydrogen) atoms. The Kier molecular flexibility index (Phi) is 4.56. The third kappa shape index (κ3) is 3.65. The molecule has 2 aromatic rings. The highest BCUT2D eigenvalue weighted by atomic mass is 16.2. The molecule has 0 saturated heterocycles. The average Bonchev–Trinajstić information content (AvgIpc) is 3.59. The van der Waals surface area contributed by atoms with Gasteiger partial charge >= 0.3 is 0 Å². The summed E-state index contributed by atoms with van der Waals surface area (Å²) in [7, 11) is 1.48. The van der Waals surface area contributed by atoms with Crippen LogP contribution >= 0.6 is 0 Å². The average molecular weight is 365 g/mol. The summed E-state index contributed by atoms with van der Waals surface area (Å²) in [5.41, 5.74) is 1.01. The largest absolute Gasteiger partial charge is 0.355 e. The van der Waals surface area contributed by atoms with Crippen molar-refractivity contribution < 1.29 is 9.59 Å². The third-order valence-corrected chi connectivity index (χ3v) is 5.20. The summed E-state index contributed by atoms with van der Waals surface area (Å²) in [5, 5.41) is 5.45. The van der Waals surface area contributed by atoms with Crippen LogP contribution in [-0.4, -0.2) is 29.5 Å². The molecule has 2 amide bonds. The summed E-state index contributed by atoms with van der Waals surface area (Å²) < 4.78 is 1.58. The fraction of sp³-hybridized carbons (Fsp3) is 0.381. The van der Waals surface area contributed by atoms with E-state index in [-0.39, 0.29) is 29.1 Å². The number of hydrogen-bond donors (Lipinski definition) is 2. The molecule has 140 valence electrons. The zero-order valence-electron chi connectivity index (χ0n) is 15.3. The van der Waals surface area contributed by atoms with Gasteiger partial charge in [0.2, 0.25) is 0 Å². The van der Waals surface area contributed by atoms with E-state index in [4.69, 9.17) is 0 Å². The van der Waals surface area contributed by atoms with Gasteiger partial charge in [-0.1, -0.05) is 30.3 Å². The minimum absolute atomic E-state index is 0.00234. The van der Waals surface area contributed by atoms with E-state index in [1.54, 1.807) is 10.8 Å². The van der Waals surface area contributed by atoms with Gasteiger partial charge in [0.25, 0.3) is 17.4 Å². The summed E-state index contributed by atoms with van der Waals surface area (Å²) in [4.78, 5) is 38.0. The fourth-order valence-corrected chi connectivity index (χ4v) is 3.45. The van der Waals surface area contributed by atoms with Crippen LogP contribution < -0.4 is 16.2 Å². The van der Waals surface area contributed by atoms with Crippen molar-refractivity contribution in [3.63, 3.8) is 0 Å². The van der Waals surface area contributed by atoms with Gasteiger partial charge in [0, 0.05) is 19.3 Å². The molecule has 1 heterocycles. The summed E-state index contributed by atoms with van der Waals surface area (Å²) in [6.07, 6.45) is 5.62. The predicted octanol–water partition coefficient (Wildman–Crippen LogP) is 2.10. The maximum atomic E-state index is 13.1. The molecular weight excluding hydrogens is 342 g/mol. The molecule has 0 bridgehead atoms. The molecule has 2 fully saturated rings. The zero-order chi connectivity index (χ0) is 19.0. The second kappa shape index (κ2) is 7.02.